The minimum absolute atomic E-state index is 0.233. The second-order valence-electron chi connectivity index (χ2n) is 6.18. The summed E-state index contributed by atoms with van der Waals surface area (Å²) in [7, 11) is 2.95. The van der Waals surface area contributed by atoms with Crippen LogP contribution in [0, 0.1) is 0 Å². The van der Waals surface area contributed by atoms with Crippen LogP contribution in [0.1, 0.15) is 33.2 Å². The van der Waals surface area contributed by atoms with Crippen LogP contribution in [0.25, 0.3) is 6.08 Å². The fourth-order valence-corrected chi connectivity index (χ4v) is 2.88. The maximum Gasteiger partial charge on any atom is 0.262 e. The highest BCUT2D eigenvalue weighted by Crippen LogP contribution is 2.29. The molecule has 1 N–H and O–H groups in total. The summed E-state index contributed by atoms with van der Waals surface area (Å²) in [6, 6.07) is 9.99. The van der Waals surface area contributed by atoms with E-state index in [4.69, 9.17) is 9.47 Å². The molecular formula is C21H20N2O5. The van der Waals surface area contributed by atoms with Gasteiger partial charge in [0.2, 0.25) is 0 Å². The van der Waals surface area contributed by atoms with Crippen molar-refractivity contribution in [2.24, 2.45) is 0 Å². The molecule has 0 atom stereocenters. The quantitative estimate of drug-likeness (QED) is 0.779. The third-order valence-electron chi connectivity index (χ3n) is 4.28. The number of amides is 3. The van der Waals surface area contributed by atoms with Crippen LogP contribution < -0.4 is 14.8 Å². The first-order valence-electron chi connectivity index (χ1n) is 8.64. The summed E-state index contributed by atoms with van der Waals surface area (Å²) in [5.41, 5.74) is 1.97. The lowest BCUT2D eigenvalue weighted by atomic mass is 10.1. The minimum atomic E-state index is -0.398. The molecule has 7 nitrogen and oxygen atoms in total. The molecule has 144 valence electrons. The van der Waals surface area contributed by atoms with Gasteiger partial charge in [-0.1, -0.05) is 18.2 Å². The molecule has 2 aromatic carbocycles. The lowest BCUT2D eigenvalue weighted by molar-refractivity contribution is -0.118. The number of fused-ring (bicyclic) bond motifs is 1. The van der Waals surface area contributed by atoms with Gasteiger partial charge in [-0.2, -0.15) is 0 Å². The molecule has 3 rings (SSSR count). The summed E-state index contributed by atoms with van der Waals surface area (Å²) in [4.78, 5) is 37.2. The maximum atomic E-state index is 12.2. The Morgan fingerprint density at radius 2 is 1.82 bits per heavy atom. The van der Waals surface area contributed by atoms with Gasteiger partial charge in [0.1, 0.15) is 0 Å². The van der Waals surface area contributed by atoms with Crippen LogP contribution in [-0.4, -0.2) is 43.4 Å². The van der Waals surface area contributed by atoms with Crippen LogP contribution in [0.4, 0.5) is 5.69 Å². The first-order chi connectivity index (χ1) is 13.4. The Hall–Kier alpha value is -3.61. The summed E-state index contributed by atoms with van der Waals surface area (Å²) in [6.45, 7) is 1.69. The molecule has 1 aliphatic heterocycles. The maximum absolute atomic E-state index is 12.2. The number of nitrogens with zero attached hydrogens (tertiary/aromatic N) is 1. The Morgan fingerprint density at radius 3 is 2.54 bits per heavy atom. The van der Waals surface area contributed by atoms with Gasteiger partial charge in [0.05, 0.1) is 18.2 Å². The number of carbonyl (C=O) groups is 3. The topological polar surface area (TPSA) is 84.9 Å². The van der Waals surface area contributed by atoms with Crippen molar-refractivity contribution in [1.29, 1.82) is 0 Å². The molecule has 0 fully saturated rings. The van der Waals surface area contributed by atoms with Crippen molar-refractivity contribution in [1.82, 2.24) is 4.90 Å². The highest BCUT2D eigenvalue weighted by atomic mass is 16.5. The fourth-order valence-electron chi connectivity index (χ4n) is 2.88. The second kappa shape index (κ2) is 7.96. The number of rotatable bonds is 6. The van der Waals surface area contributed by atoms with Crippen LogP contribution in [0.15, 0.2) is 42.5 Å². The van der Waals surface area contributed by atoms with E-state index in [0.29, 0.717) is 22.7 Å². The predicted octanol–water partition coefficient (Wildman–Crippen LogP) is 2.97. The molecule has 0 unspecified atom stereocenters. The van der Waals surface area contributed by atoms with Crippen molar-refractivity contribution in [3.8, 4) is 11.5 Å². The molecule has 0 spiro atoms. The van der Waals surface area contributed by atoms with E-state index in [-0.39, 0.29) is 18.1 Å². The zero-order chi connectivity index (χ0) is 20.3. The summed E-state index contributed by atoms with van der Waals surface area (Å²) >= 11 is 0. The monoisotopic (exact) mass is 380 g/mol. The summed E-state index contributed by atoms with van der Waals surface area (Å²) < 4.78 is 10.9. The van der Waals surface area contributed by atoms with Crippen LogP contribution >= 0.6 is 0 Å². The Balaban J connectivity index is 1.66. The Bertz CT molecular complexity index is 981. The first kappa shape index (κ1) is 19.2. The number of carbonyl (C=O) groups excluding carboxylic acids is 3. The van der Waals surface area contributed by atoms with Gasteiger partial charge >= 0.3 is 0 Å². The summed E-state index contributed by atoms with van der Waals surface area (Å²) in [5, 5.41) is 2.66. The van der Waals surface area contributed by atoms with Crippen molar-refractivity contribution < 1.29 is 23.9 Å². The smallest absolute Gasteiger partial charge is 0.262 e. The molecule has 7 heteroatoms. The van der Waals surface area contributed by atoms with Gasteiger partial charge in [-0.3, -0.25) is 19.3 Å². The first-order valence-corrected chi connectivity index (χ1v) is 8.64. The van der Waals surface area contributed by atoms with Crippen molar-refractivity contribution in [3.05, 3.63) is 59.2 Å². The van der Waals surface area contributed by atoms with Gasteiger partial charge in [0, 0.05) is 12.7 Å². The van der Waals surface area contributed by atoms with E-state index in [9.17, 15) is 14.4 Å². The van der Waals surface area contributed by atoms with E-state index in [1.807, 2.05) is 31.2 Å². The molecular weight excluding hydrogens is 360 g/mol. The number of benzene rings is 2. The Labute approximate surface area is 162 Å². The second-order valence-corrected chi connectivity index (χ2v) is 6.18. The van der Waals surface area contributed by atoms with E-state index >= 15 is 0 Å². The molecule has 1 aliphatic rings. The van der Waals surface area contributed by atoms with Gasteiger partial charge in [-0.25, -0.2) is 0 Å². The highest BCUT2D eigenvalue weighted by Gasteiger charge is 2.32. The average Bonchev–Trinajstić information content (AvgIpc) is 2.91. The Morgan fingerprint density at radius 1 is 1.07 bits per heavy atom. The zero-order valence-corrected chi connectivity index (χ0v) is 15.8. The number of imide groups is 1. The molecule has 0 aliphatic carbocycles. The molecule has 0 bridgehead atoms. The predicted molar refractivity (Wildman–Crippen MR) is 105 cm³/mol. The Kier molecular flexibility index (Phi) is 5.44. The number of anilines is 1. The highest BCUT2D eigenvalue weighted by molar-refractivity contribution is 6.21. The largest absolute Gasteiger partial charge is 0.493 e. The zero-order valence-electron chi connectivity index (χ0n) is 15.8. The molecule has 0 radical (unpaired) electrons. The van der Waals surface area contributed by atoms with Crippen LogP contribution in [0.5, 0.6) is 11.5 Å². The molecule has 0 aromatic heterocycles. The average molecular weight is 380 g/mol. The molecule has 0 saturated heterocycles. The lowest BCUT2D eigenvalue weighted by Gasteiger charge is -2.12. The summed E-state index contributed by atoms with van der Waals surface area (Å²) in [6.07, 6.45) is 3.84. The number of allylic oxidation sites excluding steroid dienone is 1. The van der Waals surface area contributed by atoms with Crippen molar-refractivity contribution >= 4 is 29.5 Å². The van der Waals surface area contributed by atoms with Crippen molar-refractivity contribution in [3.63, 3.8) is 0 Å². The molecule has 0 saturated carbocycles. The molecule has 2 aromatic rings. The van der Waals surface area contributed by atoms with Crippen LogP contribution in [0.3, 0.4) is 0 Å². The molecule has 3 amide bonds. The molecule has 1 heterocycles. The normalized spacial score (nSPS) is 13.0. The third-order valence-corrected chi connectivity index (χ3v) is 4.28. The lowest BCUT2D eigenvalue weighted by Crippen LogP contribution is -2.24. The number of hydrogen-bond donors (Lipinski definition) is 1. The fraction of sp³-hybridized carbons (Fsp3) is 0.190. The van der Waals surface area contributed by atoms with Crippen LogP contribution in [-0.2, 0) is 4.79 Å². The SMILES string of the molecule is CC=Cc1ccc(OCC(=O)Nc2ccc3c(c2)C(=O)N(C)C3=O)c(OC)c1. The van der Waals surface area contributed by atoms with Gasteiger partial charge in [0.25, 0.3) is 17.7 Å². The standard InChI is InChI=1S/C21H20N2O5/c1-4-5-13-6-9-17(18(10-13)27-3)28-12-19(24)22-14-7-8-15-16(11-14)21(26)23(2)20(15)25/h4-11H,12H2,1-3H3,(H,22,24). The van der Waals surface area contributed by atoms with Gasteiger partial charge < -0.3 is 14.8 Å². The van der Waals surface area contributed by atoms with E-state index in [0.717, 1.165) is 10.5 Å². The van der Waals surface area contributed by atoms with Gasteiger partial charge in [0.15, 0.2) is 18.1 Å². The van der Waals surface area contributed by atoms with Gasteiger partial charge in [-0.15, -0.1) is 0 Å². The van der Waals surface area contributed by atoms with E-state index in [2.05, 4.69) is 5.32 Å². The van der Waals surface area contributed by atoms with E-state index in [1.54, 1.807) is 12.1 Å². The van der Waals surface area contributed by atoms with Crippen molar-refractivity contribution in [2.75, 3.05) is 26.1 Å². The molecule has 28 heavy (non-hydrogen) atoms. The van der Waals surface area contributed by atoms with E-state index < -0.39 is 11.8 Å². The third kappa shape index (κ3) is 3.73. The summed E-state index contributed by atoms with van der Waals surface area (Å²) in [5.74, 6) is -0.173. The van der Waals surface area contributed by atoms with E-state index in [1.165, 1.54) is 26.3 Å². The minimum Gasteiger partial charge on any atom is -0.493 e. The van der Waals surface area contributed by atoms with Crippen molar-refractivity contribution in [2.45, 2.75) is 6.92 Å². The van der Waals surface area contributed by atoms with Crippen LogP contribution in [0.2, 0.25) is 0 Å². The number of ether oxygens (including phenoxy) is 2. The number of nitrogens with one attached hydrogen (secondary N) is 1. The number of methoxy groups -OCH3 is 1. The van der Waals surface area contributed by atoms with Gasteiger partial charge in [-0.05, 0) is 42.8 Å². The number of hydrogen-bond acceptors (Lipinski definition) is 5.